The van der Waals surface area contributed by atoms with Crippen molar-refractivity contribution in [1.82, 2.24) is 9.55 Å². The maximum Gasteiger partial charge on any atom is 0.573 e. The number of hydrogen-bond donors (Lipinski definition) is 2. The number of nitrogens with zero attached hydrogens (tertiary/aromatic N) is 2. The number of alkyl halides is 3. The highest BCUT2D eigenvalue weighted by molar-refractivity contribution is 5.96. The summed E-state index contributed by atoms with van der Waals surface area (Å²) in [6.45, 7) is 8.46. The number of aryl methyl sites for hydroxylation is 1. The van der Waals surface area contributed by atoms with Crippen molar-refractivity contribution in [1.29, 1.82) is 0 Å². The van der Waals surface area contributed by atoms with Crippen LogP contribution in [0.1, 0.15) is 62.0 Å². The van der Waals surface area contributed by atoms with Crippen LogP contribution in [0.3, 0.4) is 0 Å². The van der Waals surface area contributed by atoms with Crippen molar-refractivity contribution in [3.8, 4) is 5.75 Å². The lowest BCUT2D eigenvalue weighted by Crippen LogP contribution is -2.29. The molecule has 1 aliphatic rings. The van der Waals surface area contributed by atoms with Crippen LogP contribution < -0.4 is 10.1 Å². The number of halogens is 3. The molecule has 9 heteroatoms. The molecule has 3 aromatic rings. The van der Waals surface area contributed by atoms with Crippen molar-refractivity contribution in [3.05, 3.63) is 47.5 Å². The molecule has 6 nitrogen and oxygen atoms in total. The van der Waals surface area contributed by atoms with Gasteiger partial charge in [-0.2, -0.15) is 0 Å². The molecule has 2 aromatic carbocycles. The standard InChI is InChI=1S/C25H28F3N3O3/c1-14-11-17(13-24(3,4)12-14)31-20-10-9-19(22(32)33)15(2)21(20)30-23(31)29-16-5-7-18(8-6-16)34-25(26,27)28/h5-10,14,17H,11-13H2,1-4H3,(H,29,30)(H,32,33)/t14-,17-/m0/s1. The van der Waals surface area contributed by atoms with E-state index in [4.69, 9.17) is 4.98 Å². The Morgan fingerprint density at radius 3 is 2.44 bits per heavy atom. The minimum Gasteiger partial charge on any atom is -0.478 e. The summed E-state index contributed by atoms with van der Waals surface area (Å²) in [5.41, 5.74) is 2.86. The Kier molecular flexibility index (Phi) is 5.99. The van der Waals surface area contributed by atoms with E-state index in [-0.39, 0.29) is 22.8 Å². The third-order valence-corrected chi connectivity index (χ3v) is 6.42. The van der Waals surface area contributed by atoms with E-state index in [0.717, 1.165) is 24.8 Å². The third kappa shape index (κ3) is 4.98. The normalized spacial score (nSPS) is 20.3. The number of aromatic carboxylic acids is 1. The number of aromatic nitrogens is 2. The largest absolute Gasteiger partial charge is 0.573 e. The number of carboxylic acid groups (broad SMARTS) is 1. The number of ether oxygens (including phenoxy) is 1. The van der Waals surface area contributed by atoms with Gasteiger partial charge < -0.3 is 19.7 Å². The summed E-state index contributed by atoms with van der Waals surface area (Å²) in [5.74, 6) is -0.301. The average Bonchev–Trinajstić information content (AvgIpc) is 3.06. The van der Waals surface area contributed by atoms with Crippen LogP contribution in [0.4, 0.5) is 24.8 Å². The van der Waals surface area contributed by atoms with Crippen molar-refractivity contribution < 1.29 is 27.8 Å². The molecule has 4 rings (SSSR count). The first-order chi connectivity index (χ1) is 15.8. The van der Waals surface area contributed by atoms with Gasteiger partial charge in [0.05, 0.1) is 16.6 Å². The third-order valence-electron chi connectivity index (χ3n) is 6.42. The van der Waals surface area contributed by atoms with Gasteiger partial charge in [-0.15, -0.1) is 13.2 Å². The highest BCUT2D eigenvalue weighted by atomic mass is 19.4. The van der Waals surface area contributed by atoms with Gasteiger partial charge in [-0.3, -0.25) is 0 Å². The average molecular weight is 476 g/mol. The molecule has 0 radical (unpaired) electrons. The van der Waals surface area contributed by atoms with Crippen molar-refractivity contribution in [2.45, 2.75) is 59.4 Å². The molecule has 0 saturated heterocycles. The first kappa shape index (κ1) is 23.9. The molecule has 182 valence electrons. The van der Waals surface area contributed by atoms with E-state index in [1.165, 1.54) is 24.3 Å². The predicted molar refractivity (Wildman–Crippen MR) is 124 cm³/mol. The lowest BCUT2D eigenvalue weighted by molar-refractivity contribution is -0.274. The molecule has 0 amide bonds. The van der Waals surface area contributed by atoms with E-state index in [9.17, 15) is 23.1 Å². The van der Waals surface area contributed by atoms with Gasteiger partial charge in [-0.05, 0) is 79.5 Å². The predicted octanol–water partition coefficient (Wildman–Crippen LogP) is 7.07. The monoisotopic (exact) mass is 475 g/mol. The lowest BCUT2D eigenvalue weighted by atomic mass is 9.70. The van der Waals surface area contributed by atoms with Crippen LogP contribution in [0.5, 0.6) is 5.75 Å². The fraction of sp³-hybridized carbons (Fsp3) is 0.440. The van der Waals surface area contributed by atoms with Crippen LogP contribution in [-0.4, -0.2) is 27.0 Å². The van der Waals surface area contributed by atoms with E-state index in [1.54, 1.807) is 19.1 Å². The number of carboxylic acids is 1. The quantitative estimate of drug-likeness (QED) is 0.413. The first-order valence-electron chi connectivity index (χ1n) is 11.2. The molecule has 1 aromatic heterocycles. The smallest absolute Gasteiger partial charge is 0.478 e. The summed E-state index contributed by atoms with van der Waals surface area (Å²) < 4.78 is 43.6. The number of benzene rings is 2. The SMILES string of the molecule is Cc1c(C(=O)O)ccc2c1nc(Nc1ccc(OC(F)(F)F)cc1)n2[C@H]1C[C@H](C)CC(C)(C)C1. The Morgan fingerprint density at radius 2 is 1.85 bits per heavy atom. The summed E-state index contributed by atoms with van der Waals surface area (Å²) in [5, 5.41) is 12.8. The van der Waals surface area contributed by atoms with E-state index in [1.807, 2.05) is 0 Å². The second-order valence-corrected chi connectivity index (χ2v) is 9.98. The van der Waals surface area contributed by atoms with Crippen molar-refractivity contribution >= 4 is 28.6 Å². The molecular formula is C25H28F3N3O3. The molecule has 34 heavy (non-hydrogen) atoms. The summed E-state index contributed by atoms with van der Waals surface area (Å²) in [7, 11) is 0. The fourth-order valence-electron chi connectivity index (χ4n) is 5.35. The van der Waals surface area contributed by atoms with E-state index >= 15 is 0 Å². The van der Waals surface area contributed by atoms with Crippen molar-refractivity contribution in [3.63, 3.8) is 0 Å². The number of fused-ring (bicyclic) bond motifs is 1. The molecule has 2 N–H and O–H groups in total. The summed E-state index contributed by atoms with van der Waals surface area (Å²) in [4.78, 5) is 16.4. The van der Waals surface area contributed by atoms with Gasteiger partial charge >= 0.3 is 12.3 Å². The van der Waals surface area contributed by atoms with Gasteiger partial charge in [0, 0.05) is 11.7 Å². The van der Waals surface area contributed by atoms with Gasteiger partial charge in [0.2, 0.25) is 5.95 Å². The van der Waals surface area contributed by atoms with Gasteiger partial charge in [0.25, 0.3) is 0 Å². The molecule has 0 spiro atoms. The molecule has 0 aliphatic heterocycles. The Balaban J connectivity index is 1.78. The van der Waals surface area contributed by atoms with Crippen LogP contribution in [0.2, 0.25) is 0 Å². The van der Waals surface area contributed by atoms with Crippen LogP contribution >= 0.6 is 0 Å². The van der Waals surface area contributed by atoms with Gasteiger partial charge in [0.1, 0.15) is 5.75 Å². The second kappa shape index (κ2) is 8.52. The maximum absolute atomic E-state index is 12.5. The van der Waals surface area contributed by atoms with Crippen molar-refractivity contribution in [2.75, 3.05) is 5.32 Å². The maximum atomic E-state index is 12.5. The summed E-state index contributed by atoms with van der Waals surface area (Å²) in [6.07, 6.45) is -1.77. The van der Waals surface area contributed by atoms with Crippen LogP contribution in [-0.2, 0) is 0 Å². The van der Waals surface area contributed by atoms with E-state index < -0.39 is 12.3 Å². The van der Waals surface area contributed by atoms with Gasteiger partial charge in [-0.1, -0.05) is 20.8 Å². The Hall–Kier alpha value is -3.23. The minimum atomic E-state index is -4.76. The second-order valence-electron chi connectivity index (χ2n) is 9.98. The minimum absolute atomic E-state index is 0.128. The number of rotatable bonds is 5. The van der Waals surface area contributed by atoms with Crippen LogP contribution in [0, 0.1) is 18.3 Å². The number of hydrogen-bond acceptors (Lipinski definition) is 4. The molecular weight excluding hydrogens is 447 g/mol. The van der Waals surface area contributed by atoms with Crippen LogP contribution in [0.15, 0.2) is 36.4 Å². The number of nitrogens with one attached hydrogen (secondary N) is 1. The molecule has 1 fully saturated rings. The van der Waals surface area contributed by atoms with E-state index in [0.29, 0.717) is 28.6 Å². The zero-order valence-electron chi connectivity index (χ0n) is 19.5. The molecule has 2 atom stereocenters. The molecule has 1 aliphatic carbocycles. The Morgan fingerprint density at radius 1 is 1.18 bits per heavy atom. The molecule has 0 unspecified atom stereocenters. The van der Waals surface area contributed by atoms with Gasteiger partial charge in [-0.25, -0.2) is 9.78 Å². The number of imidazole rings is 1. The summed E-state index contributed by atoms with van der Waals surface area (Å²) >= 11 is 0. The van der Waals surface area contributed by atoms with Crippen molar-refractivity contribution in [2.24, 2.45) is 11.3 Å². The van der Waals surface area contributed by atoms with Crippen LogP contribution in [0.25, 0.3) is 11.0 Å². The van der Waals surface area contributed by atoms with Gasteiger partial charge in [0.15, 0.2) is 0 Å². The highest BCUT2D eigenvalue weighted by Gasteiger charge is 2.35. The lowest BCUT2D eigenvalue weighted by Gasteiger charge is -2.40. The number of anilines is 2. The summed E-state index contributed by atoms with van der Waals surface area (Å²) in [6, 6.07) is 8.99. The Bertz CT molecular complexity index is 1220. The molecule has 1 heterocycles. The topological polar surface area (TPSA) is 76.4 Å². The molecule has 1 saturated carbocycles. The van der Waals surface area contributed by atoms with E-state index in [2.05, 4.69) is 35.4 Å². The Labute approximate surface area is 195 Å². The first-order valence-corrected chi connectivity index (χ1v) is 11.2. The molecule has 0 bridgehead atoms. The number of carbonyl (C=O) groups is 1. The fourth-order valence-corrected chi connectivity index (χ4v) is 5.35. The zero-order chi connectivity index (χ0) is 24.8. The zero-order valence-corrected chi connectivity index (χ0v) is 19.5. The highest BCUT2D eigenvalue weighted by Crippen LogP contribution is 2.46.